The zero-order valence-electron chi connectivity index (χ0n) is 17.2. The number of benzene rings is 2. The molecule has 2 aromatic carbocycles. The van der Waals surface area contributed by atoms with E-state index in [9.17, 15) is 14.0 Å². The molecule has 2 heterocycles. The second kappa shape index (κ2) is 9.20. The lowest BCUT2D eigenvalue weighted by atomic mass is 10.0. The van der Waals surface area contributed by atoms with Crippen LogP contribution in [0.15, 0.2) is 78.0 Å². The summed E-state index contributed by atoms with van der Waals surface area (Å²) in [5.41, 5.74) is 1.86. The molecule has 4 aromatic rings. The smallest absolute Gasteiger partial charge is 0.322 e. The number of hydrogen-bond donors (Lipinski definition) is 2. The summed E-state index contributed by atoms with van der Waals surface area (Å²) >= 11 is 5.86. The van der Waals surface area contributed by atoms with Crippen LogP contribution in [0.5, 0.6) is 0 Å². The molecule has 0 saturated carbocycles. The summed E-state index contributed by atoms with van der Waals surface area (Å²) in [5.74, 6) is -0.564. The van der Waals surface area contributed by atoms with Crippen molar-refractivity contribution >= 4 is 34.1 Å². The summed E-state index contributed by atoms with van der Waals surface area (Å²) in [6.07, 6.45) is 4.95. The Bertz CT molecular complexity index is 1330. The van der Waals surface area contributed by atoms with Gasteiger partial charge >= 0.3 is 6.03 Å². The maximum atomic E-state index is 13.5. The third-order valence-electron chi connectivity index (χ3n) is 5.29. The van der Waals surface area contributed by atoms with Crippen LogP contribution in [0.2, 0.25) is 5.02 Å². The Labute approximate surface area is 188 Å². The Morgan fingerprint density at radius 1 is 1.16 bits per heavy atom. The van der Waals surface area contributed by atoms with Gasteiger partial charge in [0, 0.05) is 36.2 Å². The summed E-state index contributed by atoms with van der Waals surface area (Å²) in [6, 6.07) is 14.1. The molecule has 1 atom stereocenters. The van der Waals surface area contributed by atoms with Gasteiger partial charge in [0.1, 0.15) is 5.82 Å². The van der Waals surface area contributed by atoms with Crippen molar-refractivity contribution in [3.05, 3.63) is 106 Å². The molecule has 0 bridgehead atoms. The highest BCUT2D eigenvalue weighted by Crippen LogP contribution is 2.28. The highest BCUT2D eigenvalue weighted by atomic mass is 35.5. The Balaban J connectivity index is 1.72. The summed E-state index contributed by atoms with van der Waals surface area (Å²) in [5, 5.41) is 4.02. The monoisotopic (exact) mass is 450 g/mol. The van der Waals surface area contributed by atoms with Crippen LogP contribution in [0.1, 0.15) is 24.1 Å². The molecular formula is C24H20ClFN4O2. The molecule has 0 aliphatic heterocycles. The number of H-pyrrole nitrogens is 1. The molecule has 0 aliphatic carbocycles. The molecule has 32 heavy (non-hydrogen) atoms. The predicted molar refractivity (Wildman–Crippen MR) is 123 cm³/mol. The number of nitrogens with one attached hydrogen (secondary N) is 2. The molecule has 2 amide bonds. The highest BCUT2D eigenvalue weighted by Gasteiger charge is 2.24. The lowest BCUT2D eigenvalue weighted by Gasteiger charge is -2.30. The highest BCUT2D eigenvalue weighted by molar-refractivity contribution is 6.31. The number of aromatic amines is 1. The van der Waals surface area contributed by atoms with Crippen molar-refractivity contribution in [2.75, 3.05) is 5.32 Å². The van der Waals surface area contributed by atoms with E-state index < -0.39 is 17.9 Å². The van der Waals surface area contributed by atoms with E-state index in [1.807, 2.05) is 31.2 Å². The standard InChI is InChI=1S/C24H20ClFN4O2/c1-15(20-13-28-23(31)19-5-3-2-4-18(19)20)30(14-16-8-10-27-11-9-16)24(32)29-17-6-7-22(26)21(25)12-17/h2-13,15H,14H2,1H3,(H,28,31)(H,29,32)/t15-/m1/s1. The predicted octanol–water partition coefficient (Wildman–Crippen LogP) is 5.51. The van der Waals surface area contributed by atoms with Gasteiger partial charge in [-0.05, 0) is 59.8 Å². The van der Waals surface area contributed by atoms with Gasteiger partial charge in [-0.2, -0.15) is 0 Å². The Kier molecular flexibility index (Phi) is 6.18. The Morgan fingerprint density at radius 3 is 2.59 bits per heavy atom. The van der Waals surface area contributed by atoms with Gasteiger partial charge in [0.2, 0.25) is 0 Å². The largest absolute Gasteiger partial charge is 0.328 e. The van der Waals surface area contributed by atoms with Crippen molar-refractivity contribution in [3.63, 3.8) is 0 Å². The van der Waals surface area contributed by atoms with E-state index in [0.29, 0.717) is 11.1 Å². The molecule has 0 spiro atoms. The molecular weight excluding hydrogens is 431 g/mol. The van der Waals surface area contributed by atoms with Gasteiger partial charge in [0.15, 0.2) is 0 Å². The molecule has 2 N–H and O–H groups in total. The normalized spacial score (nSPS) is 11.8. The maximum Gasteiger partial charge on any atom is 0.322 e. The topological polar surface area (TPSA) is 78.1 Å². The van der Waals surface area contributed by atoms with Gasteiger partial charge in [-0.15, -0.1) is 0 Å². The van der Waals surface area contributed by atoms with E-state index in [-0.39, 0.29) is 17.1 Å². The number of fused-ring (bicyclic) bond motifs is 1. The van der Waals surface area contributed by atoms with Gasteiger partial charge in [-0.1, -0.05) is 29.8 Å². The van der Waals surface area contributed by atoms with Gasteiger partial charge in [-0.3, -0.25) is 9.78 Å². The number of amides is 2. The number of urea groups is 1. The molecule has 0 radical (unpaired) electrons. The number of carbonyl (C=O) groups excluding carboxylic acids is 1. The molecule has 2 aromatic heterocycles. The van der Waals surface area contributed by atoms with Crippen LogP contribution in [0, 0.1) is 5.82 Å². The van der Waals surface area contributed by atoms with Crippen LogP contribution in [0.4, 0.5) is 14.9 Å². The lowest BCUT2D eigenvalue weighted by Crippen LogP contribution is -2.37. The van der Waals surface area contributed by atoms with Crippen LogP contribution in [0.3, 0.4) is 0 Å². The minimum absolute atomic E-state index is 0.0804. The zero-order chi connectivity index (χ0) is 22.7. The third-order valence-corrected chi connectivity index (χ3v) is 5.58. The quantitative estimate of drug-likeness (QED) is 0.420. The van der Waals surface area contributed by atoms with Crippen LogP contribution in [-0.4, -0.2) is 20.9 Å². The van der Waals surface area contributed by atoms with Gasteiger partial charge in [-0.25, -0.2) is 9.18 Å². The van der Waals surface area contributed by atoms with Crippen molar-refractivity contribution in [2.24, 2.45) is 0 Å². The van der Waals surface area contributed by atoms with Crippen LogP contribution < -0.4 is 10.9 Å². The van der Waals surface area contributed by atoms with Crippen LogP contribution in [0.25, 0.3) is 10.8 Å². The lowest BCUT2D eigenvalue weighted by molar-refractivity contribution is 0.189. The van der Waals surface area contributed by atoms with Gasteiger partial charge < -0.3 is 15.2 Å². The number of nitrogens with zero attached hydrogens (tertiary/aromatic N) is 2. The number of hydrogen-bond acceptors (Lipinski definition) is 3. The average Bonchev–Trinajstić information content (AvgIpc) is 2.80. The number of aromatic nitrogens is 2. The summed E-state index contributed by atoms with van der Waals surface area (Å²) in [7, 11) is 0. The molecule has 4 rings (SSSR count). The molecule has 6 nitrogen and oxygen atoms in total. The summed E-state index contributed by atoms with van der Waals surface area (Å²) in [4.78, 5) is 34.0. The fourth-order valence-corrected chi connectivity index (χ4v) is 3.76. The first-order chi connectivity index (χ1) is 15.4. The molecule has 0 saturated heterocycles. The summed E-state index contributed by atoms with van der Waals surface area (Å²) in [6.45, 7) is 2.18. The number of halogens is 2. The average molecular weight is 451 g/mol. The molecule has 0 fully saturated rings. The van der Waals surface area contributed by atoms with E-state index in [4.69, 9.17) is 11.6 Å². The fourth-order valence-electron chi connectivity index (χ4n) is 3.58. The first kappa shape index (κ1) is 21.5. The number of pyridine rings is 2. The zero-order valence-corrected chi connectivity index (χ0v) is 17.9. The number of anilines is 1. The van der Waals surface area contributed by atoms with Crippen molar-refractivity contribution in [3.8, 4) is 0 Å². The first-order valence-corrected chi connectivity index (χ1v) is 10.3. The Morgan fingerprint density at radius 2 is 1.88 bits per heavy atom. The van der Waals surface area contributed by atoms with Gasteiger partial charge in [0.25, 0.3) is 5.56 Å². The van der Waals surface area contributed by atoms with Crippen LogP contribution in [-0.2, 0) is 6.54 Å². The van der Waals surface area contributed by atoms with Crippen molar-refractivity contribution in [2.45, 2.75) is 19.5 Å². The van der Waals surface area contributed by atoms with E-state index in [1.54, 1.807) is 35.6 Å². The molecule has 0 unspecified atom stereocenters. The Hall–Kier alpha value is -3.71. The second-order valence-electron chi connectivity index (χ2n) is 7.34. The molecule has 162 valence electrons. The minimum Gasteiger partial charge on any atom is -0.328 e. The minimum atomic E-state index is -0.564. The van der Waals surface area contributed by atoms with E-state index in [1.165, 1.54) is 18.2 Å². The number of carbonyl (C=O) groups is 1. The first-order valence-electron chi connectivity index (χ1n) is 9.96. The van der Waals surface area contributed by atoms with Gasteiger partial charge in [0.05, 0.1) is 11.1 Å². The SMILES string of the molecule is C[C@H](c1c[nH]c(=O)c2ccccc12)N(Cc1ccncc1)C(=O)Nc1ccc(F)c(Cl)c1. The van der Waals surface area contributed by atoms with Crippen molar-refractivity contribution < 1.29 is 9.18 Å². The van der Waals surface area contributed by atoms with Crippen molar-refractivity contribution in [1.82, 2.24) is 14.9 Å². The maximum absolute atomic E-state index is 13.5. The second-order valence-corrected chi connectivity index (χ2v) is 7.74. The molecule has 8 heteroatoms. The fraction of sp³-hybridized carbons (Fsp3) is 0.125. The third kappa shape index (κ3) is 4.48. The van der Waals surface area contributed by atoms with Crippen LogP contribution >= 0.6 is 11.6 Å². The van der Waals surface area contributed by atoms with E-state index >= 15 is 0 Å². The van der Waals surface area contributed by atoms with Crippen molar-refractivity contribution in [1.29, 1.82) is 0 Å². The van der Waals surface area contributed by atoms with E-state index in [0.717, 1.165) is 16.5 Å². The number of rotatable bonds is 5. The molecule has 0 aliphatic rings. The van der Waals surface area contributed by atoms with E-state index in [2.05, 4.69) is 15.3 Å². The summed E-state index contributed by atoms with van der Waals surface area (Å²) < 4.78 is 13.5.